The number of nitrogens with one attached hydrogen (secondary N) is 1. The number of rotatable bonds is 5. The molecule has 0 saturated carbocycles. The van der Waals surface area contributed by atoms with Crippen molar-refractivity contribution >= 4 is 6.01 Å². The Bertz CT molecular complexity index is 639. The standard InChI is InChI=1S/C13H14F4N4O/c1-21(2)7-10-19-20-12(22-10)18-6-8-4-3-5-9(11(8)14)13(15,16)17/h3-5H,6-7H2,1-2H3,(H,18,20). The van der Waals surface area contributed by atoms with Crippen molar-refractivity contribution < 1.29 is 22.0 Å². The molecule has 0 atom stereocenters. The van der Waals surface area contributed by atoms with Crippen molar-refractivity contribution in [3.05, 3.63) is 41.0 Å². The zero-order chi connectivity index (χ0) is 16.3. The fraction of sp³-hybridized carbons (Fsp3) is 0.385. The molecule has 1 N–H and O–H groups in total. The molecule has 1 heterocycles. The molecular formula is C13H14F4N4O. The molecule has 5 nitrogen and oxygen atoms in total. The molecule has 0 aliphatic heterocycles. The van der Waals surface area contributed by atoms with E-state index in [1.54, 1.807) is 0 Å². The number of alkyl halides is 3. The van der Waals surface area contributed by atoms with Gasteiger partial charge in [-0.3, -0.25) is 0 Å². The molecule has 0 bridgehead atoms. The van der Waals surface area contributed by atoms with E-state index in [0.717, 1.165) is 6.07 Å². The van der Waals surface area contributed by atoms with E-state index in [4.69, 9.17) is 4.42 Å². The summed E-state index contributed by atoms with van der Waals surface area (Å²) in [5, 5.41) is 10.0. The number of halogens is 4. The maximum Gasteiger partial charge on any atom is 0.419 e. The van der Waals surface area contributed by atoms with Gasteiger partial charge in [-0.1, -0.05) is 17.2 Å². The van der Waals surface area contributed by atoms with Gasteiger partial charge in [0.1, 0.15) is 5.82 Å². The van der Waals surface area contributed by atoms with Crippen LogP contribution in [0.25, 0.3) is 0 Å². The van der Waals surface area contributed by atoms with Crippen molar-refractivity contribution in [3.8, 4) is 0 Å². The molecule has 0 amide bonds. The van der Waals surface area contributed by atoms with E-state index in [0.29, 0.717) is 18.5 Å². The van der Waals surface area contributed by atoms with Crippen molar-refractivity contribution in [2.45, 2.75) is 19.3 Å². The maximum atomic E-state index is 13.8. The summed E-state index contributed by atoms with van der Waals surface area (Å²) in [7, 11) is 3.63. The predicted molar refractivity (Wildman–Crippen MR) is 70.4 cm³/mol. The van der Waals surface area contributed by atoms with Gasteiger partial charge in [-0.2, -0.15) is 13.2 Å². The van der Waals surface area contributed by atoms with Crippen LogP contribution in [0, 0.1) is 5.82 Å². The summed E-state index contributed by atoms with van der Waals surface area (Å²) in [4.78, 5) is 1.81. The largest absolute Gasteiger partial charge is 0.419 e. The normalized spacial score (nSPS) is 12.0. The highest BCUT2D eigenvalue weighted by atomic mass is 19.4. The van der Waals surface area contributed by atoms with Gasteiger partial charge in [0.2, 0.25) is 5.89 Å². The molecule has 22 heavy (non-hydrogen) atoms. The lowest BCUT2D eigenvalue weighted by molar-refractivity contribution is -0.140. The van der Waals surface area contributed by atoms with Crippen molar-refractivity contribution in [2.24, 2.45) is 0 Å². The SMILES string of the molecule is CN(C)Cc1nnc(NCc2cccc(C(F)(F)F)c2F)o1. The van der Waals surface area contributed by atoms with E-state index < -0.39 is 17.6 Å². The molecule has 2 rings (SSSR count). The average Bonchev–Trinajstić information content (AvgIpc) is 2.83. The Hall–Kier alpha value is -2.16. The van der Waals surface area contributed by atoms with Gasteiger partial charge >= 0.3 is 12.2 Å². The number of benzene rings is 1. The molecule has 1 aromatic carbocycles. The second kappa shape index (κ2) is 6.30. The topological polar surface area (TPSA) is 54.2 Å². The van der Waals surface area contributed by atoms with Crippen LogP contribution >= 0.6 is 0 Å². The minimum absolute atomic E-state index is 0.0219. The van der Waals surface area contributed by atoms with E-state index in [2.05, 4.69) is 15.5 Å². The van der Waals surface area contributed by atoms with Gasteiger partial charge in [0.05, 0.1) is 12.1 Å². The van der Waals surface area contributed by atoms with Gasteiger partial charge in [0.25, 0.3) is 0 Å². The summed E-state index contributed by atoms with van der Waals surface area (Å²) >= 11 is 0. The van der Waals surface area contributed by atoms with E-state index in [1.807, 2.05) is 19.0 Å². The third-order valence-electron chi connectivity index (χ3n) is 2.73. The van der Waals surface area contributed by atoms with Crippen LogP contribution < -0.4 is 5.32 Å². The van der Waals surface area contributed by atoms with Gasteiger partial charge in [-0.05, 0) is 20.2 Å². The van der Waals surface area contributed by atoms with Crippen LogP contribution in [0.5, 0.6) is 0 Å². The number of aromatic nitrogens is 2. The number of hydrogen-bond donors (Lipinski definition) is 1. The van der Waals surface area contributed by atoms with Crippen molar-refractivity contribution in [1.29, 1.82) is 0 Å². The molecule has 9 heteroatoms. The molecule has 0 spiro atoms. The van der Waals surface area contributed by atoms with E-state index in [9.17, 15) is 17.6 Å². The summed E-state index contributed by atoms with van der Waals surface area (Å²) in [6.07, 6.45) is -4.73. The second-order valence-corrected chi connectivity index (χ2v) is 4.87. The first-order valence-electron chi connectivity index (χ1n) is 6.33. The molecule has 2 aromatic rings. The van der Waals surface area contributed by atoms with Gasteiger partial charge in [-0.15, -0.1) is 5.10 Å². The van der Waals surface area contributed by atoms with Gasteiger partial charge in [0, 0.05) is 12.1 Å². The number of hydrogen-bond acceptors (Lipinski definition) is 5. The Morgan fingerprint density at radius 3 is 2.59 bits per heavy atom. The van der Waals surface area contributed by atoms with Crippen molar-refractivity contribution in [1.82, 2.24) is 15.1 Å². The molecule has 0 radical (unpaired) electrons. The lowest BCUT2D eigenvalue weighted by Gasteiger charge is -2.11. The second-order valence-electron chi connectivity index (χ2n) is 4.87. The molecule has 120 valence electrons. The molecule has 0 saturated heterocycles. The highest BCUT2D eigenvalue weighted by Gasteiger charge is 2.34. The van der Waals surface area contributed by atoms with Gasteiger partial charge < -0.3 is 14.6 Å². The number of anilines is 1. The van der Waals surface area contributed by atoms with E-state index in [1.165, 1.54) is 6.07 Å². The van der Waals surface area contributed by atoms with Crippen molar-refractivity contribution in [2.75, 3.05) is 19.4 Å². The zero-order valence-corrected chi connectivity index (χ0v) is 11.9. The Morgan fingerprint density at radius 1 is 1.23 bits per heavy atom. The summed E-state index contributed by atoms with van der Waals surface area (Å²) in [5.41, 5.74) is -1.44. The van der Waals surface area contributed by atoms with Crippen LogP contribution in [-0.4, -0.2) is 29.2 Å². The molecule has 0 fully saturated rings. The minimum atomic E-state index is -4.73. The number of nitrogens with zero attached hydrogens (tertiary/aromatic N) is 3. The van der Waals surface area contributed by atoms with Crippen molar-refractivity contribution in [3.63, 3.8) is 0 Å². The summed E-state index contributed by atoms with van der Waals surface area (Å²) < 4.78 is 56.9. The monoisotopic (exact) mass is 318 g/mol. The fourth-order valence-electron chi connectivity index (χ4n) is 1.77. The fourth-order valence-corrected chi connectivity index (χ4v) is 1.77. The Labute approximate surface area is 123 Å². The van der Waals surface area contributed by atoms with Gasteiger partial charge in [-0.25, -0.2) is 4.39 Å². The van der Waals surface area contributed by atoms with Crippen LogP contribution in [0.1, 0.15) is 17.0 Å². The minimum Gasteiger partial charge on any atom is -0.407 e. The Balaban J connectivity index is 2.07. The third-order valence-corrected chi connectivity index (χ3v) is 2.73. The highest BCUT2D eigenvalue weighted by molar-refractivity contribution is 5.31. The van der Waals surface area contributed by atoms with E-state index in [-0.39, 0.29) is 18.1 Å². The smallest absolute Gasteiger partial charge is 0.407 e. The first-order chi connectivity index (χ1) is 10.3. The lowest BCUT2D eigenvalue weighted by Crippen LogP contribution is -2.11. The average molecular weight is 318 g/mol. The highest BCUT2D eigenvalue weighted by Crippen LogP contribution is 2.32. The van der Waals surface area contributed by atoms with Crippen LogP contribution in [0.2, 0.25) is 0 Å². The molecule has 0 aliphatic carbocycles. The van der Waals surface area contributed by atoms with Crippen LogP contribution in [-0.2, 0) is 19.3 Å². The Morgan fingerprint density at radius 2 is 1.95 bits per heavy atom. The summed E-state index contributed by atoms with van der Waals surface area (Å²) in [6.45, 7) is 0.228. The van der Waals surface area contributed by atoms with E-state index >= 15 is 0 Å². The molecule has 0 unspecified atom stereocenters. The van der Waals surface area contributed by atoms with Crippen LogP contribution in [0.4, 0.5) is 23.6 Å². The molecule has 1 aromatic heterocycles. The van der Waals surface area contributed by atoms with Gasteiger partial charge in [0.15, 0.2) is 0 Å². The summed E-state index contributed by atoms with van der Waals surface area (Å²) in [6, 6.07) is 3.12. The zero-order valence-electron chi connectivity index (χ0n) is 11.9. The predicted octanol–water partition coefficient (Wildman–Crippen LogP) is 2.90. The first-order valence-corrected chi connectivity index (χ1v) is 6.33. The first kappa shape index (κ1) is 16.2. The molecule has 0 aliphatic rings. The third kappa shape index (κ3) is 3.94. The van der Waals surface area contributed by atoms with Crippen LogP contribution in [0.3, 0.4) is 0 Å². The van der Waals surface area contributed by atoms with Crippen LogP contribution in [0.15, 0.2) is 22.6 Å². The quantitative estimate of drug-likeness (QED) is 0.859. The maximum absolute atomic E-state index is 13.8. The molecular weight excluding hydrogens is 304 g/mol. The Kier molecular flexibility index (Phi) is 4.65. The lowest BCUT2D eigenvalue weighted by atomic mass is 10.1. The summed E-state index contributed by atoms with van der Waals surface area (Å²) in [5.74, 6) is -0.965.